The Morgan fingerprint density at radius 2 is 1.86 bits per heavy atom. The molecular weight excluding hydrogens is 281 g/mol. The van der Waals surface area contributed by atoms with Gasteiger partial charge in [0.1, 0.15) is 5.69 Å². The number of alkyl halides is 3. The van der Waals surface area contributed by atoms with Gasteiger partial charge in [-0.3, -0.25) is 0 Å². The van der Waals surface area contributed by atoms with Crippen LogP contribution in [0.1, 0.15) is 36.8 Å². The fraction of sp³-hybridized carbons (Fsp3) is 0.429. The van der Waals surface area contributed by atoms with E-state index in [4.69, 9.17) is 0 Å². The largest absolute Gasteiger partial charge is 0.416 e. The fourth-order valence-corrected chi connectivity index (χ4v) is 2.18. The van der Waals surface area contributed by atoms with Crippen LogP contribution in [0, 0.1) is 6.92 Å². The fourth-order valence-electron chi connectivity index (χ4n) is 2.18. The quantitative estimate of drug-likeness (QED) is 0.942. The van der Waals surface area contributed by atoms with Crippen molar-refractivity contribution in [2.45, 2.75) is 33.0 Å². The molecule has 0 aliphatic carbocycles. The first-order chi connectivity index (χ1) is 9.84. The second-order valence-electron chi connectivity index (χ2n) is 4.80. The highest BCUT2D eigenvalue weighted by atomic mass is 19.4. The number of rotatable bonds is 4. The van der Waals surface area contributed by atoms with Gasteiger partial charge in [0.25, 0.3) is 0 Å². The van der Waals surface area contributed by atoms with E-state index in [0.29, 0.717) is 5.69 Å². The first-order valence-electron chi connectivity index (χ1n) is 6.67. The molecule has 0 bridgehead atoms. The lowest BCUT2D eigenvalue weighted by Crippen LogP contribution is -2.19. The number of aromatic nitrogens is 3. The molecule has 2 rings (SSSR count). The van der Waals surface area contributed by atoms with Crippen molar-refractivity contribution in [2.75, 3.05) is 6.54 Å². The Kier molecular flexibility index (Phi) is 4.32. The molecule has 0 saturated heterocycles. The number of nitrogens with zero attached hydrogens (tertiary/aromatic N) is 3. The Balaban J connectivity index is 2.31. The maximum Gasteiger partial charge on any atom is 0.416 e. The molecule has 21 heavy (non-hydrogen) atoms. The molecule has 114 valence electrons. The van der Waals surface area contributed by atoms with Gasteiger partial charge in [0.05, 0.1) is 23.0 Å². The zero-order valence-electron chi connectivity index (χ0n) is 12.1. The van der Waals surface area contributed by atoms with E-state index in [0.717, 1.165) is 30.1 Å². The van der Waals surface area contributed by atoms with Gasteiger partial charge in [-0.2, -0.15) is 13.2 Å². The van der Waals surface area contributed by atoms with Crippen LogP contribution in [0.3, 0.4) is 0 Å². The summed E-state index contributed by atoms with van der Waals surface area (Å²) in [5, 5.41) is 11.4. The minimum Gasteiger partial charge on any atom is -0.309 e. The van der Waals surface area contributed by atoms with E-state index in [1.165, 1.54) is 12.1 Å². The summed E-state index contributed by atoms with van der Waals surface area (Å²) in [6.07, 6.45) is -4.33. The van der Waals surface area contributed by atoms with Gasteiger partial charge < -0.3 is 5.32 Å². The van der Waals surface area contributed by atoms with Gasteiger partial charge in [-0.25, -0.2) is 4.68 Å². The van der Waals surface area contributed by atoms with Crippen LogP contribution < -0.4 is 5.32 Å². The summed E-state index contributed by atoms with van der Waals surface area (Å²) in [5.41, 5.74) is 1.48. The van der Waals surface area contributed by atoms with Gasteiger partial charge in [-0.05, 0) is 44.7 Å². The maximum absolute atomic E-state index is 12.6. The molecule has 4 nitrogen and oxygen atoms in total. The molecule has 1 unspecified atom stereocenters. The van der Waals surface area contributed by atoms with E-state index in [1.807, 2.05) is 20.8 Å². The molecule has 0 radical (unpaired) electrons. The third-order valence-electron chi connectivity index (χ3n) is 3.29. The molecule has 0 aliphatic heterocycles. The predicted molar refractivity (Wildman–Crippen MR) is 73.2 cm³/mol. The predicted octanol–water partition coefficient (Wildman–Crippen LogP) is 3.27. The summed E-state index contributed by atoms with van der Waals surface area (Å²) in [7, 11) is 0. The van der Waals surface area contributed by atoms with E-state index in [2.05, 4.69) is 15.6 Å². The number of halogens is 3. The first kappa shape index (κ1) is 15.5. The Labute approximate surface area is 121 Å². The molecule has 1 aromatic heterocycles. The smallest absolute Gasteiger partial charge is 0.309 e. The molecule has 0 amide bonds. The lowest BCUT2D eigenvalue weighted by atomic mass is 10.1. The Hall–Kier alpha value is -1.89. The highest BCUT2D eigenvalue weighted by Gasteiger charge is 2.30. The van der Waals surface area contributed by atoms with Gasteiger partial charge in [0.2, 0.25) is 0 Å². The zero-order valence-corrected chi connectivity index (χ0v) is 12.1. The van der Waals surface area contributed by atoms with Crippen LogP contribution in [-0.4, -0.2) is 21.5 Å². The standard InChI is InChI=1S/C14H17F3N4/c1-4-18-9(2)13-10(3)21(20-19-13)12-7-5-11(6-8-12)14(15,16)17/h5-9,18H,4H2,1-3H3. The van der Waals surface area contributed by atoms with Gasteiger partial charge in [-0.15, -0.1) is 5.10 Å². The molecule has 2 aromatic rings. The molecule has 0 spiro atoms. The van der Waals surface area contributed by atoms with Crippen LogP contribution in [0.2, 0.25) is 0 Å². The average molecular weight is 298 g/mol. The SMILES string of the molecule is CCNC(C)c1nnn(-c2ccc(C(F)(F)F)cc2)c1C. The molecule has 1 heterocycles. The molecule has 1 N–H and O–H groups in total. The average Bonchev–Trinajstić information content (AvgIpc) is 2.80. The summed E-state index contributed by atoms with van der Waals surface area (Å²) in [4.78, 5) is 0. The summed E-state index contributed by atoms with van der Waals surface area (Å²) < 4.78 is 39.2. The van der Waals surface area contributed by atoms with Crippen molar-refractivity contribution in [3.8, 4) is 5.69 Å². The number of benzene rings is 1. The van der Waals surface area contributed by atoms with E-state index in [9.17, 15) is 13.2 Å². The van der Waals surface area contributed by atoms with Crippen molar-refractivity contribution in [2.24, 2.45) is 0 Å². The highest BCUT2D eigenvalue weighted by Crippen LogP contribution is 2.29. The summed E-state index contributed by atoms with van der Waals surface area (Å²) in [6, 6.07) is 4.92. The topological polar surface area (TPSA) is 42.7 Å². The van der Waals surface area contributed by atoms with Gasteiger partial charge in [-0.1, -0.05) is 12.1 Å². The van der Waals surface area contributed by atoms with Crippen LogP contribution >= 0.6 is 0 Å². The van der Waals surface area contributed by atoms with E-state index >= 15 is 0 Å². The molecule has 1 aromatic carbocycles. The summed E-state index contributed by atoms with van der Waals surface area (Å²) in [5.74, 6) is 0. The van der Waals surface area contributed by atoms with Crippen molar-refractivity contribution in [3.05, 3.63) is 41.2 Å². The second kappa shape index (κ2) is 5.85. The van der Waals surface area contributed by atoms with Crippen molar-refractivity contribution < 1.29 is 13.2 Å². The molecule has 7 heteroatoms. The van der Waals surface area contributed by atoms with Crippen molar-refractivity contribution >= 4 is 0 Å². The first-order valence-corrected chi connectivity index (χ1v) is 6.67. The monoisotopic (exact) mass is 298 g/mol. The lowest BCUT2D eigenvalue weighted by molar-refractivity contribution is -0.137. The summed E-state index contributed by atoms with van der Waals surface area (Å²) >= 11 is 0. The second-order valence-corrected chi connectivity index (χ2v) is 4.80. The van der Waals surface area contributed by atoms with Crippen LogP contribution in [0.25, 0.3) is 5.69 Å². The maximum atomic E-state index is 12.6. The minimum atomic E-state index is -4.33. The Morgan fingerprint density at radius 1 is 1.24 bits per heavy atom. The number of hydrogen-bond acceptors (Lipinski definition) is 3. The highest BCUT2D eigenvalue weighted by molar-refractivity contribution is 5.37. The van der Waals surface area contributed by atoms with Crippen molar-refractivity contribution in [1.82, 2.24) is 20.3 Å². The van der Waals surface area contributed by atoms with Crippen molar-refractivity contribution in [3.63, 3.8) is 0 Å². The van der Waals surface area contributed by atoms with Gasteiger partial charge in [0.15, 0.2) is 0 Å². The Morgan fingerprint density at radius 3 is 2.38 bits per heavy atom. The van der Waals surface area contributed by atoms with E-state index < -0.39 is 11.7 Å². The lowest BCUT2D eigenvalue weighted by Gasteiger charge is -2.11. The molecule has 0 fully saturated rings. The molecule has 0 aliphatic rings. The normalized spacial score (nSPS) is 13.4. The van der Waals surface area contributed by atoms with Crippen LogP contribution in [0.4, 0.5) is 13.2 Å². The molecule has 0 saturated carbocycles. The van der Waals surface area contributed by atoms with Crippen molar-refractivity contribution in [1.29, 1.82) is 0 Å². The van der Waals surface area contributed by atoms with Gasteiger partial charge in [0, 0.05) is 0 Å². The Bertz CT molecular complexity index is 602. The van der Waals surface area contributed by atoms with E-state index in [1.54, 1.807) is 4.68 Å². The van der Waals surface area contributed by atoms with Crippen LogP contribution in [0.5, 0.6) is 0 Å². The molecular formula is C14H17F3N4. The minimum absolute atomic E-state index is 0.0400. The van der Waals surface area contributed by atoms with Gasteiger partial charge >= 0.3 is 6.18 Å². The number of nitrogens with one attached hydrogen (secondary N) is 1. The summed E-state index contributed by atoms with van der Waals surface area (Å²) in [6.45, 7) is 6.61. The molecule has 1 atom stereocenters. The zero-order chi connectivity index (χ0) is 15.6. The number of hydrogen-bond donors (Lipinski definition) is 1. The van der Waals surface area contributed by atoms with Crippen LogP contribution in [-0.2, 0) is 6.18 Å². The van der Waals surface area contributed by atoms with Crippen LogP contribution in [0.15, 0.2) is 24.3 Å². The third-order valence-corrected chi connectivity index (χ3v) is 3.29. The van der Waals surface area contributed by atoms with E-state index in [-0.39, 0.29) is 6.04 Å². The third kappa shape index (κ3) is 3.24.